The Bertz CT molecular complexity index is 802. The first-order valence-corrected chi connectivity index (χ1v) is 9.72. The maximum atomic E-state index is 13.8. The zero-order valence-corrected chi connectivity index (χ0v) is 15.8. The van der Waals surface area contributed by atoms with Crippen LogP contribution in [0.15, 0.2) is 36.4 Å². The summed E-state index contributed by atoms with van der Waals surface area (Å²) >= 11 is 7.59. The molecule has 1 N–H and O–H groups in total. The van der Waals surface area contributed by atoms with Gasteiger partial charge in [-0.3, -0.25) is 4.79 Å². The van der Waals surface area contributed by atoms with E-state index in [-0.39, 0.29) is 22.7 Å². The van der Waals surface area contributed by atoms with E-state index in [2.05, 4.69) is 5.32 Å². The molecule has 138 valence electrons. The van der Waals surface area contributed by atoms with Crippen LogP contribution in [0.5, 0.6) is 11.5 Å². The molecule has 0 spiro atoms. The van der Waals surface area contributed by atoms with Crippen molar-refractivity contribution in [2.24, 2.45) is 0 Å². The number of amides is 1. The van der Waals surface area contributed by atoms with Gasteiger partial charge in [-0.15, -0.1) is 11.8 Å². The molecular weight excluding hydrogens is 377 g/mol. The number of rotatable bonds is 5. The summed E-state index contributed by atoms with van der Waals surface area (Å²) in [5, 5.41) is 3.03. The number of halogens is 2. The molecule has 0 saturated heterocycles. The number of hydrogen-bond donors (Lipinski definition) is 1. The van der Waals surface area contributed by atoms with Crippen LogP contribution in [0.1, 0.15) is 24.2 Å². The van der Waals surface area contributed by atoms with Crippen molar-refractivity contribution < 1.29 is 18.7 Å². The maximum absolute atomic E-state index is 13.8. The van der Waals surface area contributed by atoms with Crippen molar-refractivity contribution in [3.8, 4) is 11.5 Å². The summed E-state index contributed by atoms with van der Waals surface area (Å²) in [5.74, 6) is 0.844. The molecule has 0 aliphatic carbocycles. The summed E-state index contributed by atoms with van der Waals surface area (Å²) in [6, 6.07) is 9.90. The molecule has 1 amide bonds. The average molecular weight is 396 g/mol. The van der Waals surface area contributed by atoms with E-state index in [4.69, 9.17) is 21.1 Å². The molecule has 26 heavy (non-hydrogen) atoms. The molecule has 1 heterocycles. The van der Waals surface area contributed by atoms with E-state index in [9.17, 15) is 9.18 Å². The Hall–Kier alpha value is -1.92. The number of ether oxygens (including phenoxy) is 2. The van der Waals surface area contributed by atoms with Crippen molar-refractivity contribution in [3.63, 3.8) is 0 Å². The fraction of sp³-hybridized carbons (Fsp3) is 0.316. The smallest absolute Gasteiger partial charge is 0.234 e. The predicted molar refractivity (Wildman–Crippen MR) is 103 cm³/mol. The molecule has 0 saturated carbocycles. The Morgan fingerprint density at radius 1 is 1.27 bits per heavy atom. The first-order valence-electron chi connectivity index (χ1n) is 8.29. The third kappa shape index (κ3) is 4.62. The van der Waals surface area contributed by atoms with E-state index in [0.717, 1.165) is 6.42 Å². The van der Waals surface area contributed by atoms with Gasteiger partial charge in [-0.2, -0.15) is 0 Å². The molecule has 1 aliphatic rings. The topological polar surface area (TPSA) is 47.6 Å². The molecule has 1 unspecified atom stereocenters. The highest BCUT2D eigenvalue weighted by Crippen LogP contribution is 2.38. The lowest BCUT2D eigenvalue weighted by Crippen LogP contribution is -2.15. The third-order valence-corrected chi connectivity index (χ3v) is 5.41. The molecule has 1 atom stereocenters. The molecule has 4 nitrogen and oxygen atoms in total. The van der Waals surface area contributed by atoms with Crippen molar-refractivity contribution >= 4 is 35.0 Å². The molecule has 0 aromatic heterocycles. The first-order chi connectivity index (χ1) is 12.5. The number of anilines is 1. The third-order valence-electron chi connectivity index (χ3n) is 3.92. The lowest BCUT2D eigenvalue weighted by atomic mass is 10.1. The minimum Gasteiger partial charge on any atom is -0.490 e. The molecule has 0 fully saturated rings. The number of fused-ring (bicyclic) bond motifs is 1. The summed E-state index contributed by atoms with van der Waals surface area (Å²) in [4.78, 5) is 12.3. The molecular formula is C19H19ClFNO3S. The number of carbonyl (C=O) groups excluding carboxylic acids is 1. The highest BCUT2D eigenvalue weighted by atomic mass is 35.5. The Balaban J connectivity index is 1.61. The Kier molecular flexibility index (Phi) is 6.27. The fourth-order valence-electron chi connectivity index (χ4n) is 2.56. The zero-order chi connectivity index (χ0) is 18.5. The van der Waals surface area contributed by atoms with Gasteiger partial charge in [0.1, 0.15) is 5.82 Å². The number of hydrogen-bond acceptors (Lipinski definition) is 4. The fourth-order valence-corrected chi connectivity index (χ4v) is 3.61. The van der Waals surface area contributed by atoms with E-state index in [0.29, 0.717) is 41.0 Å². The molecule has 2 aromatic carbocycles. The van der Waals surface area contributed by atoms with Crippen molar-refractivity contribution in [3.05, 3.63) is 52.8 Å². The van der Waals surface area contributed by atoms with E-state index < -0.39 is 0 Å². The SMILES string of the molecule is CC(SCC(=O)Nc1cc2c(cc1Cl)OCCCO2)c1ccccc1F. The van der Waals surface area contributed by atoms with Crippen molar-refractivity contribution in [2.75, 3.05) is 24.3 Å². The van der Waals surface area contributed by atoms with Gasteiger partial charge in [-0.05, 0) is 13.0 Å². The molecule has 1 aliphatic heterocycles. The van der Waals surface area contributed by atoms with Gasteiger partial charge in [0.25, 0.3) is 0 Å². The normalized spacial score (nSPS) is 14.4. The molecule has 7 heteroatoms. The quantitative estimate of drug-likeness (QED) is 0.767. The van der Waals surface area contributed by atoms with Gasteiger partial charge in [0, 0.05) is 29.4 Å². The summed E-state index contributed by atoms with van der Waals surface area (Å²) in [7, 11) is 0. The summed E-state index contributed by atoms with van der Waals surface area (Å²) in [6.07, 6.45) is 0.790. The van der Waals surface area contributed by atoms with Crippen molar-refractivity contribution in [1.82, 2.24) is 0 Å². The standard InChI is InChI=1S/C19H19ClFNO3S/c1-12(13-5-2-3-6-15(13)21)26-11-19(23)22-16-10-18-17(9-14(16)20)24-7-4-8-25-18/h2-3,5-6,9-10,12H,4,7-8,11H2,1H3,(H,22,23). The van der Waals surface area contributed by atoms with Crippen LogP contribution in [-0.4, -0.2) is 24.9 Å². The highest BCUT2D eigenvalue weighted by molar-refractivity contribution is 8.00. The first kappa shape index (κ1) is 18.9. The number of benzene rings is 2. The molecule has 2 aromatic rings. The van der Waals surface area contributed by atoms with Crippen molar-refractivity contribution in [2.45, 2.75) is 18.6 Å². The average Bonchev–Trinajstić information content (AvgIpc) is 2.85. The van der Waals surface area contributed by atoms with Gasteiger partial charge < -0.3 is 14.8 Å². The molecule has 0 radical (unpaired) electrons. The van der Waals surface area contributed by atoms with Gasteiger partial charge in [0.05, 0.1) is 29.7 Å². The van der Waals surface area contributed by atoms with Crippen molar-refractivity contribution in [1.29, 1.82) is 0 Å². The van der Waals surface area contributed by atoms with E-state index in [1.165, 1.54) is 17.8 Å². The van der Waals surface area contributed by atoms with Crippen LogP contribution in [0, 0.1) is 5.82 Å². The van der Waals surface area contributed by atoms with Gasteiger partial charge in [-0.1, -0.05) is 29.8 Å². The number of thioether (sulfide) groups is 1. The Labute approximate surface area is 161 Å². The van der Waals surface area contributed by atoms with Crippen LogP contribution >= 0.6 is 23.4 Å². The predicted octanol–water partition coefficient (Wildman–Crippen LogP) is 5.07. The molecule has 3 rings (SSSR count). The summed E-state index contributed by atoms with van der Waals surface area (Å²) in [5.41, 5.74) is 1.05. The van der Waals surface area contributed by atoms with Gasteiger partial charge >= 0.3 is 0 Å². The lowest BCUT2D eigenvalue weighted by molar-refractivity contribution is -0.113. The van der Waals surface area contributed by atoms with Crippen LogP contribution in [0.25, 0.3) is 0 Å². The van der Waals surface area contributed by atoms with Crippen LogP contribution in [-0.2, 0) is 4.79 Å². The second-order valence-corrected chi connectivity index (χ2v) is 7.59. The van der Waals surface area contributed by atoms with Gasteiger partial charge in [-0.25, -0.2) is 4.39 Å². The maximum Gasteiger partial charge on any atom is 0.234 e. The zero-order valence-electron chi connectivity index (χ0n) is 14.3. The van der Waals surface area contributed by atoms with Crippen LogP contribution in [0.2, 0.25) is 5.02 Å². The number of nitrogens with one attached hydrogen (secondary N) is 1. The highest BCUT2D eigenvalue weighted by Gasteiger charge is 2.17. The monoisotopic (exact) mass is 395 g/mol. The Morgan fingerprint density at radius 2 is 1.96 bits per heavy atom. The van der Waals surface area contributed by atoms with Crippen LogP contribution in [0.4, 0.5) is 10.1 Å². The van der Waals surface area contributed by atoms with Gasteiger partial charge in [0.15, 0.2) is 11.5 Å². The van der Waals surface area contributed by atoms with E-state index in [1.54, 1.807) is 30.3 Å². The van der Waals surface area contributed by atoms with Crippen LogP contribution < -0.4 is 14.8 Å². The van der Waals surface area contributed by atoms with E-state index in [1.807, 2.05) is 6.92 Å². The molecule has 0 bridgehead atoms. The number of carbonyl (C=O) groups is 1. The van der Waals surface area contributed by atoms with Gasteiger partial charge in [0.2, 0.25) is 5.91 Å². The minimum absolute atomic E-state index is 0.138. The summed E-state index contributed by atoms with van der Waals surface area (Å²) < 4.78 is 25.0. The van der Waals surface area contributed by atoms with E-state index >= 15 is 0 Å². The largest absolute Gasteiger partial charge is 0.490 e. The Morgan fingerprint density at radius 3 is 2.69 bits per heavy atom. The second-order valence-electron chi connectivity index (χ2n) is 5.85. The second kappa shape index (κ2) is 8.64. The summed E-state index contributed by atoms with van der Waals surface area (Å²) in [6.45, 7) is 2.99. The van der Waals surface area contributed by atoms with Crippen LogP contribution in [0.3, 0.4) is 0 Å². The minimum atomic E-state index is -0.265. The lowest BCUT2D eigenvalue weighted by Gasteiger charge is -2.14.